The van der Waals surface area contributed by atoms with Gasteiger partial charge in [0.05, 0.1) is 21.3 Å². The van der Waals surface area contributed by atoms with Gasteiger partial charge in [-0.15, -0.1) is 0 Å². The first-order valence-electron chi connectivity index (χ1n) is 7.66. The molecule has 0 fully saturated rings. The molecule has 0 aliphatic heterocycles. The molecule has 3 rings (SSSR count). The lowest BCUT2D eigenvalue weighted by molar-refractivity contribution is 0.0731. The quantitative estimate of drug-likeness (QED) is 0.518. The van der Waals surface area contributed by atoms with Crippen molar-refractivity contribution < 1.29 is 23.7 Å². The Morgan fingerprint density at radius 1 is 0.680 bits per heavy atom. The fourth-order valence-corrected chi connectivity index (χ4v) is 2.53. The summed E-state index contributed by atoms with van der Waals surface area (Å²) in [6.45, 7) is 0. The van der Waals surface area contributed by atoms with Crippen LogP contribution in [-0.4, -0.2) is 27.3 Å². The molecule has 5 heteroatoms. The molecule has 0 amide bonds. The second-order valence-corrected chi connectivity index (χ2v) is 5.33. The molecule has 0 aliphatic rings. The fourth-order valence-electron chi connectivity index (χ4n) is 2.53. The third kappa shape index (κ3) is 3.50. The van der Waals surface area contributed by atoms with Gasteiger partial charge in [0.1, 0.15) is 28.6 Å². The molecule has 3 aromatic carbocycles. The molecular weight excluding hydrogens is 320 g/mol. The van der Waals surface area contributed by atoms with Gasteiger partial charge >= 0.3 is 5.97 Å². The van der Waals surface area contributed by atoms with Crippen LogP contribution in [0.5, 0.6) is 23.0 Å². The van der Waals surface area contributed by atoms with Gasteiger partial charge in [0.2, 0.25) is 0 Å². The Balaban J connectivity index is 1.91. The van der Waals surface area contributed by atoms with E-state index in [1.165, 1.54) is 14.2 Å². The summed E-state index contributed by atoms with van der Waals surface area (Å²) >= 11 is 0. The Kier molecular flexibility index (Phi) is 4.75. The molecule has 0 saturated heterocycles. The van der Waals surface area contributed by atoms with Crippen molar-refractivity contribution in [2.75, 3.05) is 21.3 Å². The zero-order valence-corrected chi connectivity index (χ0v) is 14.2. The van der Waals surface area contributed by atoms with Gasteiger partial charge in [0.15, 0.2) is 0 Å². The smallest absolute Gasteiger partial charge is 0.347 e. The summed E-state index contributed by atoms with van der Waals surface area (Å²) in [5.41, 5.74) is 0.299. The maximum absolute atomic E-state index is 12.5. The van der Waals surface area contributed by atoms with E-state index < -0.39 is 5.97 Å². The molecule has 0 N–H and O–H groups in total. The summed E-state index contributed by atoms with van der Waals surface area (Å²) in [4.78, 5) is 12.5. The number of benzene rings is 3. The largest absolute Gasteiger partial charge is 0.497 e. The van der Waals surface area contributed by atoms with Gasteiger partial charge < -0.3 is 18.9 Å². The van der Waals surface area contributed by atoms with Crippen molar-refractivity contribution in [3.05, 3.63) is 60.2 Å². The van der Waals surface area contributed by atoms with Crippen LogP contribution in [0.25, 0.3) is 10.8 Å². The Morgan fingerprint density at radius 2 is 1.28 bits per heavy atom. The first-order chi connectivity index (χ1) is 12.1. The molecule has 5 nitrogen and oxygen atoms in total. The predicted octanol–water partition coefficient (Wildman–Crippen LogP) is 4.08. The van der Waals surface area contributed by atoms with E-state index in [0.717, 1.165) is 16.5 Å². The van der Waals surface area contributed by atoms with E-state index in [2.05, 4.69) is 0 Å². The molecule has 0 aromatic heterocycles. The van der Waals surface area contributed by atoms with Crippen molar-refractivity contribution in [2.45, 2.75) is 0 Å². The van der Waals surface area contributed by atoms with Crippen LogP contribution in [0.3, 0.4) is 0 Å². The number of carbonyl (C=O) groups excluding carboxylic acids is 1. The van der Waals surface area contributed by atoms with Gasteiger partial charge in [-0.3, -0.25) is 0 Å². The molecule has 0 radical (unpaired) electrons. The summed E-state index contributed by atoms with van der Waals surface area (Å²) < 4.78 is 21.1. The lowest BCUT2D eigenvalue weighted by atomic mass is 10.1. The maximum atomic E-state index is 12.5. The number of hydrogen-bond donors (Lipinski definition) is 0. The van der Waals surface area contributed by atoms with E-state index in [9.17, 15) is 4.79 Å². The molecule has 25 heavy (non-hydrogen) atoms. The fraction of sp³-hybridized carbons (Fsp3) is 0.150. The van der Waals surface area contributed by atoms with Crippen molar-refractivity contribution in [3.63, 3.8) is 0 Å². The van der Waals surface area contributed by atoms with E-state index >= 15 is 0 Å². The minimum Gasteiger partial charge on any atom is -0.497 e. The normalized spacial score (nSPS) is 10.4. The Bertz CT molecular complexity index is 917. The highest BCUT2D eigenvalue weighted by atomic mass is 16.5. The first kappa shape index (κ1) is 16.6. The van der Waals surface area contributed by atoms with Crippen LogP contribution in [0, 0.1) is 0 Å². The van der Waals surface area contributed by atoms with Crippen LogP contribution in [-0.2, 0) is 0 Å². The van der Waals surface area contributed by atoms with Crippen molar-refractivity contribution in [3.8, 4) is 23.0 Å². The monoisotopic (exact) mass is 338 g/mol. The third-order valence-corrected chi connectivity index (χ3v) is 3.86. The first-order valence-corrected chi connectivity index (χ1v) is 7.66. The van der Waals surface area contributed by atoms with Gasteiger partial charge in [-0.2, -0.15) is 0 Å². The van der Waals surface area contributed by atoms with Gasteiger partial charge in [0.25, 0.3) is 0 Å². The van der Waals surface area contributed by atoms with Gasteiger partial charge in [-0.1, -0.05) is 12.1 Å². The predicted molar refractivity (Wildman–Crippen MR) is 95.0 cm³/mol. The Labute approximate surface area is 145 Å². The van der Waals surface area contributed by atoms with Crippen LogP contribution in [0.15, 0.2) is 54.6 Å². The van der Waals surface area contributed by atoms with E-state index in [4.69, 9.17) is 18.9 Å². The number of esters is 1. The lowest BCUT2D eigenvalue weighted by Crippen LogP contribution is -2.10. The van der Waals surface area contributed by atoms with E-state index in [1.54, 1.807) is 37.4 Å². The highest BCUT2D eigenvalue weighted by Crippen LogP contribution is 2.28. The van der Waals surface area contributed by atoms with Crippen molar-refractivity contribution in [2.24, 2.45) is 0 Å². The third-order valence-electron chi connectivity index (χ3n) is 3.86. The second kappa shape index (κ2) is 7.13. The number of methoxy groups -OCH3 is 3. The zero-order chi connectivity index (χ0) is 17.8. The summed E-state index contributed by atoms with van der Waals surface area (Å²) in [5, 5.41) is 1.95. The summed E-state index contributed by atoms with van der Waals surface area (Å²) in [6, 6.07) is 16.1. The molecule has 0 spiro atoms. The van der Waals surface area contributed by atoms with Crippen LogP contribution in [0.4, 0.5) is 0 Å². The molecule has 0 atom stereocenters. The highest BCUT2D eigenvalue weighted by Gasteiger charge is 2.16. The molecular formula is C20H18O5. The standard InChI is InChI=1S/C20H18O5/c1-22-15-6-4-13-5-7-17(11-14(13)10-15)25-20(21)18-12-16(23-2)8-9-19(18)24-3/h4-12H,1-3H3. The highest BCUT2D eigenvalue weighted by molar-refractivity contribution is 5.95. The summed E-state index contributed by atoms with van der Waals surface area (Å²) in [6.07, 6.45) is 0. The van der Waals surface area contributed by atoms with E-state index in [1.807, 2.05) is 24.3 Å². The number of fused-ring (bicyclic) bond motifs is 1. The minimum absolute atomic E-state index is 0.299. The van der Waals surface area contributed by atoms with E-state index in [0.29, 0.717) is 22.8 Å². The van der Waals surface area contributed by atoms with Crippen LogP contribution in [0.2, 0.25) is 0 Å². The van der Waals surface area contributed by atoms with Gasteiger partial charge in [-0.25, -0.2) is 4.79 Å². The lowest BCUT2D eigenvalue weighted by Gasteiger charge is -2.11. The van der Waals surface area contributed by atoms with Gasteiger partial charge in [-0.05, 0) is 53.2 Å². The molecule has 0 bridgehead atoms. The number of ether oxygens (including phenoxy) is 4. The molecule has 0 heterocycles. The topological polar surface area (TPSA) is 54.0 Å². The Hall–Kier alpha value is -3.21. The average molecular weight is 338 g/mol. The van der Waals surface area contributed by atoms with Crippen molar-refractivity contribution >= 4 is 16.7 Å². The average Bonchev–Trinajstić information content (AvgIpc) is 2.66. The van der Waals surface area contributed by atoms with Crippen LogP contribution in [0.1, 0.15) is 10.4 Å². The van der Waals surface area contributed by atoms with Crippen molar-refractivity contribution in [1.29, 1.82) is 0 Å². The molecule has 128 valence electrons. The SMILES string of the molecule is COc1ccc(OC)c(C(=O)Oc2ccc3ccc(OC)cc3c2)c1. The maximum Gasteiger partial charge on any atom is 0.347 e. The molecule has 3 aromatic rings. The summed E-state index contributed by atoms with van der Waals surface area (Å²) in [7, 11) is 4.65. The van der Waals surface area contributed by atoms with Crippen LogP contribution >= 0.6 is 0 Å². The number of carbonyl (C=O) groups is 1. The summed E-state index contributed by atoms with van der Waals surface area (Å²) in [5.74, 6) is 1.64. The van der Waals surface area contributed by atoms with Crippen molar-refractivity contribution in [1.82, 2.24) is 0 Å². The minimum atomic E-state index is -0.516. The van der Waals surface area contributed by atoms with Gasteiger partial charge in [0, 0.05) is 0 Å². The molecule has 0 unspecified atom stereocenters. The molecule has 0 saturated carbocycles. The number of rotatable bonds is 5. The van der Waals surface area contributed by atoms with Crippen LogP contribution < -0.4 is 18.9 Å². The number of hydrogen-bond acceptors (Lipinski definition) is 5. The van der Waals surface area contributed by atoms with E-state index in [-0.39, 0.29) is 0 Å². The Morgan fingerprint density at radius 3 is 1.96 bits per heavy atom. The molecule has 0 aliphatic carbocycles. The second-order valence-electron chi connectivity index (χ2n) is 5.33. The zero-order valence-electron chi connectivity index (χ0n) is 14.2.